The number of hydrogen-bond donors (Lipinski definition) is 2. The van der Waals surface area contributed by atoms with Gasteiger partial charge in [0.05, 0.1) is 18.1 Å². The lowest BCUT2D eigenvalue weighted by atomic mass is 10.1. The summed E-state index contributed by atoms with van der Waals surface area (Å²) in [6, 6.07) is 5.30. The van der Waals surface area contributed by atoms with Crippen LogP contribution >= 0.6 is 0 Å². The molecule has 116 valence electrons. The molecule has 1 saturated heterocycles. The van der Waals surface area contributed by atoms with Crippen LogP contribution in [0.5, 0.6) is 0 Å². The van der Waals surface area contributed by atoms with Gasteiger partial charge in [-0.05, 0) is 37.5 Å². The lowest BCUT2D eigenvalue weighted by Gasteiger charge is -2.26. The van der Waals surface area contributed by atoms with Gasteiger partial charge in [0.15, 0.2) is 0 Å². The van der Waals surface area contributed by atoms with Crippen LogP contribution in [0.2, 0.25) is 0 Å². The molecule has 2 amide bonds. The zero-order chi connectivity index (χ0) is 15.5. The zero-order valence-corrected chi connectivity index (χ0v) is 12.4. The smallest absolute Gasteiger partial charge is 0.413 e. The topological polar surface area (TPSA) is 87.3 Å². The van der Waals surface area contributed by atoms with Crippen molar-refractivity contribution in [3.05, 3.63) is 23.8 Å². The van der Waals surface area contributed by atoms with Gasteiger partial charge in [0.25, 0.3) is 5.91 Å². The summed E-state index contributed by atoms with van der Waals surface area (Å²) in [6.45, 7) is 1.63. The van der Waals surface area contributed by atoms with Crippen molar-refractivity contribution >= 4 is 29.0 Å². The average molecular weight is 302 g/mol. The Kier molecular flexibility index (Phi) is 3.95. The fraction of sp³-hybridized carbons (Fsp3) is 0.400. The van der Waals surface area contributed by atoms with E-state index in [2.05, 4.69) is 20.0 Å². The van der Waals surface area contributed by atoms with Gasteiger partial charge in [-0.25, -0.2) is 9.78 Å². The van der Waals surface area contributed by atoms with Crippen LogP contribution in [0.4, 0.5) is 10.7 Å². The maximum Gasteiger partial charge on any atom is 0.413 e. The number of H-pyrrole nitrogens is 1. The minimum atomic E-state index is -0.594. The molecule has 7 nitrogen and oxygen atoms in total. The number of nitrogens with zero attached hydrogens (tertiary/aromatic N) is 2. The number of fused-ring (bicyclic) bond motifs is 1. The Morgan fingerprint density at radius 1 is 1.27 bits per heavy atom. The van der Waals surface area contributed by atoms with Crippen molar-refractivity contribution < 1.29 is 14.3 Å². The van der Waals surface area contributed by atoms with E-state index in [1.54, 1.807) is 18.2 Å². The molecule has 1 aromatic carbocycles. The number of imidazole rings is 1. The lowest BCUT2D eigenvalue weighted by molar-refractivity contribution is 0.0724. The van der Waals surface area contributed by atoms with E-state index >= 15 is 0 Å². The SMILES string of the molecule is COC(=O)Nc1nc2ccc(C(=O)N3CCCCC3)cc2[nH]1. The molecule has 1 aliphatic rings. The van der Waals surface area contributed by atoms with E-state index in [4.69, 9.17) is 0 Å². The van der Waals surface area contributed by atoms with Crippen LogP contribution in [-0.2, 0) is 4.74 Å². The van der Waals surface area contributed by atoms with Crippen LogP contribution in [0, 0.1) is 0 Å². The van der Waals surface area contributed by atoms with Crippen LogP contribution in [0.25, 0.3) is 11.0 Å². The quantitative estimate of drug-likeness (QED) is 0.891. The van der Waals surface area contributed by atoms with Crippen LogP contribution in [-0.4, -0.2) is 47.1 Å². The molecule has 2 N–H and O–H groups in total. The second-order valence-corrected chi connectivity index (χ2v) is 5.29. The highest BCUT2D eigenvalue weighted by Crippen LogP contribution is 2.19. The van der Waals surface area contributed by atoms with Gasteiger partial charge in [0.2, 0.25) is 5.95 Å². The number of benzene rings is 1. The second kappa shape index (κ2) is 6.05. The summed E-state index contributed by atoms with van der Waals surface area (Å²) in [7, 11) is 1.29. The summed E-state index contributed by atoms with van der Waals surface area (Å²) >= 11 is 0. The molecule has 0 atom stereocenters. The molecule has 1 fully saturated rings. The number of carbonyl (C=O) groups excluding carboxylic acids is 2. The summed E-state index contributed by atoms with van der Waals surface area (Å²) in [4.78, 5) is 32.7. The van der Waals surface area contributed by atoms with Crippen LogP contribution < -0.4 is 5.32 Å². The van der Waals surface area contributed by atoms with Crippen molar-refractivity contribution in [1.29, 1.82) is 0 Å². The highest BCUT2D eigenvalue weighted by Gasteiger charge is 2.19. The lowest BCUT2D eigenvalue weighted by Crippen LogP contribution is -2.35. The van der Waals surface area contributed by atoms with Crippen molar-refractivity contribution in [2.75, 3.05) is 25.5 Å². The van der Waals surface area contributed by atoms with Gasteiger partial charge in [0.1, 0.15) is 0 Å². The number of rotatable bonds is 2. The minimum absolute atomic E-state index is 0.0404. The molecule has 0 unspecified atom stereocenters. The van der Waals surface area contributed by atoms with Gasteiger partial charge in [-0.15, -0.1) is 0 Å². The number of aromatic amines is 1. The van der Waals surface area contributed by atoms with Gasteiger partial charge >= 0.3 is 6.09 Å². The largest absolute Gasteiger partial charge is 0.453 e. The fourth-order valence-electron chi connectivity index (χ4n) is 2.63. The third kappa shape index (κ3) is 2.88. The normalized spacial score (nSPS) is 14.9. The van der Waals surface area contributed by atoms with Gasteiger partial charge in [0, 0.05) is 18.7 Å². The first-order chi connectivity index (χ1) is 10.7. The molecule has 2 aromatic rings. The summed E-state index contributed by atoms with van der Waals surface area (Å²) in [5, 5.41) is 2.47. The molecule has 1 aromatic heterocycles. The van der Waals surface area contributed by atoms with Crippen LogP contribution in [0.15, 0.2) is 18.2 Å². The number of hydrogen-bond acceptors (Lipinski definition) is 4. The first-order valence-corrected chi connectivity index (χ1v) is 7.31. The summed E-state index contributed by atoms with van der Waals surface area (Å²) in [5.41, 5.74) is 2.01. The van der Waals surface area contributed by atoms with Crippen molar-refractivity contribution in [2.45, 2.75) is 19.3 Å². The Morgan fingerprint density at radius 2 is 2.05 bits per heavy atom. The molecule has 2 heterocycles. The number of piperidine rings is 1. The monoisotopic (exact) mass is 302 g/mol. The molecule has 0 spiro atoms. The number of nitrogens with one attached hydrogen (secondary N) is 2. The average Bonchev–Trinajstić information content (AvgIpc) is 2.96. The number of amides is 2. The molecule has 0 radical (unpaired) electrons. The van der Waals surface area contributed by atoms with Gasteiger partial charge < -0.3 is 14.6 Å². The van der Waals surface area contributed by atoms with E-state index in [1.165, 1.54) is 13.5 Å². The molecule has 0 bridgehead atoms. The number of likely N-dealkylation sites (tertiary alicyclic amines) is 1. The molecule has 22 heavy (non-hydrogen) atoms. The summed E-state index contributed by atoms with van der Waals surface area (Å²) in [6.07, 6.45) is 2.71. The minimum Gasteiger partial charge on any atom is -0.453 e. The van der Waals surface area contributed by atoms with Crippen LogP contribution in [0.3, 0.4) is 0 Å². The highest BCUT2D eigenvalue weighted by atomic mass is 16.5. The van der Waals surface area contributed by atoms with E-state index in [1.807, 2.05) is 4.90 Å². The molecular formula is C15H18N4O3. The molecular weight excluding hydrogens is 284 g/mol. The van der Waals surface area contributed by atoms with Crippen molar-refractivity contribution in [2.24, 2.45) is 0 Å². The highest BCUT2D eigenvalue weighted by molar-refractivity contribution is 5.98. The van der Waals surface area contributed by atoms with Gasteiger partial charge in [-0.3, -0.25) is 10.1 Å². The van der Waals surface area contributed by atoms with Crippen molar-refractivity contribution in [3.8, 4) is 0 Å². The number of aromatic nitrogens is 2. The second-order valence-electron chi connectivity index (χ2n) is 5.29. The predicted molar refractivity (Wildman–Crippen MR) is 81.9 cm³/mol. The maximum atomic E-state index is 12.5. The number of ether oxygens (including phenoxy) is 1. The van der Waals surface area contributed by atoms with Gasteiger partial charge in [-0.2, -0.15) is 0 Å². The molecule has 3 rings (SSSR count). The van der Waals surface area contributed by atoms with Crippen molar-refractivity contribution in [1.82, 2.24) is 14.9 Å². The number of carbonyl (C=O) groups is 2. The van der Waals surface area contributed by atoms with Gasteiger partial charge in [-0.1, -0.05) is 0 Å². The molecule has 7 heteroatoms. The van der Waals surface area contributed by atoms with Crippen LogP contribution in [0.1, 0.15) is 29.6 Å². The Balaban J connectivity index is 1.82. The number of anilines is 1. The fourth-order valence-corrected chi connectivity index (χ4v) is 2.63. The Hall–Kier alpha value is -2.57. The Bertz CT molecular complexity index is 704. The summed E-state index contributed by atoms with van der Waals surface area (Å²) in [5.74, 6) is 0.336. The standard InChI is InChI=1S/C15H18N4O3/c1-22-15(21)18-14-16-11-6-5-10(9-12(11)17-14)13(20)19-7-3-2-4-8-19/h5-6,9H,2-4,7-8H2,1H3,(H2,16,17,18,21). The Labute approximate surface area is 127 Å². The molecule has 0 aliphatic carbocycles. The first-order valence-electron chi connectivity index (χ1n) is 7.31. The van der Waals surface area contributed by atoms with E-state index in [0.717, 1.165) is 25.9 Å². The number of methoxy groups -OCH3 is 1. The van der Waals surface area contributed by atoms with E-state index in [-0.39, 0.29) is 5.91 Å². The van der Waals surface area contributed by atoms with Crippen molar-refractivity contribution in [3.63, 3.8) is 0 Å². The Morgan fingerprint density at radius 3 is 2.77 bits per heavy atom. The van der Waals surface area contributed by atoms with E-state index < -0.39 is 6.09 Å². The predicted octanol–water partition coefficient (Wildman–Crippen LogP) is 2.37. The summed E-state index contributed by atoms with van der Waals surface area (Å²) < 4.78 is 4.52. The van der Waals surface area contributed by atoms with E-state index in [9.17, 15) is 9.59 Å². The third-order valence-corrected chi connectivity index (χ3v) is 3.78. The first kappa shape index (κ1) is 14.4. The maximum absolute atomic E-state index is 12.5. The molecule has 0 saturated carbocycles. The third-order valence-electron chi connectivity index (χ3n) is 3.78. The van der Waals surface area contributed by atoms with E-state index in [0.29, 0.717) is 22.5 Å². The molecule has 1 aliphatic heterocycles. The zero-order valence-electron chi connectivity index (χ0n) is 12.4.